The quantitative estimate of drug-likeness (QED) is 0.129. The van der Waals surface area contributed by atoms with Gasteiger partial charge in [-0.3, -0.25) is 0 Å². The first-order chi connectivity index (χ1) is 20.5. The first-order valence-electron chi connectivity index (χ1n) is 12.5. The number of carbonyl (C=O) groups excluding carboxylic acids is 2. The van der Waals surface area contributed by atoms with Gasteiger partial charge in [0.15, 0.2) is 5.75 Å². The van der Waals surface area contributed by atoms with Gasteiger partial charge >= 0.3 is 47.0 Å². The molecule has 0 saturated heterocycles. The molecule has 4 rings (SSSR count). The van der Waals surface area contributed by atoms with Crippen LogP contribution in [0.1, 0.15) is 69.0 Å². The van der Waals surface area contributed by atoms with Gasteiger partial charge < -0.3 is 23.7 Å². The Morgan fingerprint density at radius 2 is 1.20 bits per heavy atom. The van der Waals surface area contributed by atoms with Crippen molar-refractivity contribution in [3.63, 3.8) is 0 Å². The van der Waals surface area contributed by atoms with E-state index in [-0.39, 0.29) is 35.0 Å². The summed E-state index contributed by atoms with van der Waals surface area (Å²) in [5.74, 6) is -3.35. The van der Waals surface area contributed by atoms with Crippen molar-refractivity contribution in [1.82, 2.24) is 0 Å². The van der Waals surface area contributed by atoms with E-state index in [1.54, 1.807) is 0 Å². The summed E-state index contributed by atoms with van der Waals surface area (Å²) in [5.41, 5.74) is -8.62. The van der Waals surface area contributed by atoms with Crippen LogP contribution in [0.4, 0.5) is 39.5 Å². The lowest BCUT2D eigenvalue weighted by molar-refractivity contribution is -0.139. The van der Waals surface area contributed by atoms with Crippen LogP contribution in [-0.2, 0) is 31.9 Å². The molecule has 2 fully saturated rings. The summed E-state index contributed by atoms with van der Waals surface area (Å²) in [7, 11) is -5.30. The normalized spacial score (nSPS) is 15.0. The van der Waals surface area contributed by atoms with Crippen LogP contribution in [0.25, 0.3) is 0 Å². The van der Waals surface area contributed by atoms with Gasteiger partial charge in [0.1, 0.15) is 0 Å². The van der Waals surface area contributed by atoms with Gasteiger partial charge in [-0.1, -0.05) is 12.8 Å². The zero-order valence-electron chi connectivity index (χ0n) is 23.1. The Balaban J connectivity index is 0.000000269. The van der Waals surface area contributed by atoms with Crippen LogP contribution in [0.15, 0.2) is 36.4 Å². The fourth-order valence-electron chi connectivity index (χ4n) is 3.43. The van der Waals surface area contributed by atoms with Crippen LogP contribution < -0.4 is 4.18 Å². The summed E-state index contributed by atoms with van der Waals surface area (Å²) < 4.78 is 147. The number of benzene rings is 2. The molecule has 0 aromatic heterocycles. The van der Waals surface area contributed by atoms with Crippen molar-refractivity contribution < 1.29 is 81.2 Å². The number of alkyl halides is 9. The molecule has 9 nitrogen and oxygen atoms in total. The summed E-state index contributed by atoms with van der Waals surface area (Å²) in [6.45, 7) is 0. The summed E-state index contributed by atoms with van der Waals surface area (Å²) in [6, 6.07) is 4.40. The Kier molecular flexibility index (Phi) is 12.0. The number of halogens is 9. The van der Waals surface area contributed by atoms with E-state index in [0.717, 1.165) is 44.9 Å². The molecule has 0 aliphatic heterocycles. The van der Waals surface area contributed by atoms with Crippen molar-refractivity contribution in [2.75, 3.05) is 14.2 Å². The van der Waals surface area contributed by atoms with Crippen LogP contribution in [-0.4, -0.2) is 57.3 Å². The molecule has 2 N–H and O–H groups in total. The highest BCUT2D eigenvalue weighted by molar-refractivity contribution is 7.88. The Morgan fingerprint density at radius 1 is 0.756 bits per heavy atom. The summed E-state index contributed by atoms with van der Waals surface area (Å²) in [5, 5.41) is 16.5. The second kappa shape index (κ2) is 14.3. The van der Waals surface area contributed by atoms with Gasteiger partial charge in [-0.15, -0.1) is 0 Å². The molecule has 45 heavy (non-hydrogen) atoms. The Labute approximate surface area is 250 Å². The van der Waals surface area contributed by atoms with Crippen LogP contribution in [0.5, 0.6) is 5.75 Å². The van der Waals surface area contributed by atoms with Crippen molar-refractivity contribution in [3.05, 3.63) is 64.2 Å². The third-order valence-electron chi connectivity index (χ3n) is 6.03. The molecule has 250 valence electrons. The van der Waals surface area contributed by atoms with Gasteiger partial charge in [0, 0.05) is 0 Å². The molecule has 0 radical (unpaired) electrons. The minimum atomic E-state index is -6.33. The van der Waals surface area contributed by atoms with Gasteiger partial charge in [-0.05, 0) is 66.5 Å². The van der Waals surface area contributed by atoms with Crippen LogP contribution in [0, 0.1) is 0 Å². The first kappa shape index (κ1) is 37.7. The molecule has 2 aliphatic rings. The predicted octanol–water partition coefficient (Wildman–Crippen LogP) is 5.71. The van der Waals surface area contributed by atoms with Gasteiger partial charge in [0.05, 0.1) is 36.5 Å². The Bertz CT molecular complexity index is 1470. The van der Waals surface area contributed by atoms with Crippen LogP contribution in [0.2, 0.25) is 5.82 Å². The molecule has 2 aliphatic carbocycles. The van der Waals surface area contributed by atoms with E-state index in [0.29, 0.717) is 6.07 Å². The van der Waals surface area contributed by atoms with Crippen molar-refractivity contribution in [2.24, 2.45) is 0 Å². The monoisotopic (exact) mass is 682 g/mol. The van der Waals surface area contributed by atoms with E-state index < -0.39 is 69.5 Å². The number of esters is 2. The molecular weight excluding hydrogens is 658 g/mol. The van der Waals surface area contributed by atoms with Crippen molar-refractivity contribution >= 4 is 29.2 Å². The highest BCUT2D eigenvalue weighted by Gasteiger charge is 2.50. The molecule has 0 heterocycles. The number of hydrogen-bond donors (Lipinski definition) is 2. The topological polar surface area (TPSA) is 136 Å². The SMILES string of the molecule is COC(=O)c1ccc(C(F)(F)F)c(C2CC2)c1.COC(=O)c1ccc(C(F)(F)F)c(OS(=O)(=O)C(F)(F)F)c1.OB(O)C1CC1. The maximum Gasteiger partial charge on any atom is 0.534 e. The predicted molar refractivity (Wildman–Crippen MR) is 136 cm³/mol. The van der Waals surface area contributed by atoms with Crippen molar-refractivity contribution in [2.45, 2.75) is 55.3 Å². The lowest BCUT2D eigenvalue weighted by Gasteiger charge is -2.15. The average molecular weight is 682 g/mol. The van der Waals surface area contributed by atoms with E-state index >= 15 is 0 Å². The Morgan fingerprint density at radius 3 is 1.53 bits per heavy atom. The molecule has 20 heteroatoms. The molecule has 2 aromatic carbocycles. The van der Waals surface area contributed by atoms with E-state index in [2.05, 4.69) is 13.7 Å². The van der Waals surface area contributed by atoms with Gasteiger partial charge in [-0.25, -0.2) is 9.59 Å². The zero-order valence-corrected chi connectivity index (χ0v) is 23.9. The molecule has 0 bridgehead atoms. The molecule has 0 unspecified atom stereocenters. The van der Waals surface area contributed by atoms with E-state index in [9.17, 15) is 57.5 Å². The minimum Gasteiger partial charge on any atom is -0.465 e. The standard InChI is InChI=1S/C12H11F3O2.C10H6F6O5S.C3H7BO2/c1-17-11(16)8-4-5-10(12(13,14)15)9(6-8)7-2-3-7;1-20-8(17)5-2-3-6(9(11,12)13)7(4-5)21-22(18,19)10(14,15)16;5-4(6)3-1-2-3/h4-7H,2-3H2,1H3;2-4H,1H3;3,5-6H,1-2H2. The van der Waals surface area contributed by atoms with Crippen molar-refractivity contribution in [1.29, 1.82) is 0 Å². The molecule has 0 amide bonds. The Hall–Kier alpha value is -3.52. The van der Waals surface area contributed by atoms with Crippen LogP contribution >= 0.6 is 0 Å². The maximum absolute atomic E-state index is 12.7. The fourth-order valence-corrected chi connectivity index (χ4v) is 3.90. The third kappa shape index (κ3) is 10.8. The van der Waals surface area contributed by atoms with Crippen molar-refractivity contribution in [3.8, 4) is 5.75 Å². The van der Waals surface area contributed by atoms with Gasteiger partial charge in [-0.2, -0.15) is 47.9 Å². The fraction of sp³-hybridized carbons (Fsp3) is 0.440. The number of carbonyl (C=O) groups is 2. The van der Waals surface area contributed by atoms with Gasteiger partial charge in [0.25, 0.3) is 0 Å². The lowest BCUT2D eigenvalue weighted by atomic mass is 9.84. The summed E-state index contributed by atoms with van der Waals surface area (Å²) in [4.78, 5) is 22.4. The summed E-state index contributed by atoms with van der Waals surface area (Å²) >= 11 is 0. The van der Waals surface area contributed by atoms with Gasteiger partial charge in [0.2, 0.25) is 0 Å². The largest absolute Gasteiger partial charge is 0.534 e. The highest BCUT2D eigenvalue weighted by atomic mass is 32.2. The number of hydrogen-bond acceptors (Lipinski definition) is 9. The zero-order chi connectivity index (χ0) is 34.5. The van der Waals surface area contributed by atoms with Crippen LogP contribution in [0.3, 0.4) is 0 Å². The summed E-state index contributed by atoms with van der Waals surface area (Å²) in [6.07, 6.45) is -6.09. The third-order valence-corrected chi connectivity index (χ3v) is 7.00. The molecule has 0 spiro atoms. The first-order valence-corrected chi connectivity index (χ1v) is 13.9. The number of ether oxygens (including phenoxy) is 2. The van der Waals surface area contributed by atoms with E-state index in [1.807, 2.05) is 0 Å². The second-order valence-electron chi connectivity index (χ2n) is 9.50. The minimum absolute atomic E-state index is 0.0729. The molecule has 0 atom stereocenters. The second-order valence-corrected chi connectivity index (χ2v) is 11.0. The highest BCUT2D eigenvalue weighted by Crippen LogP contribution is 2.46. The van der Waals surface area contributed by atoms with E-state index in [1.165, 1.54) is 13.2 Å². The molecule has 2 aromatic rings. The lowest BCUT2D eigenvalue weighted by Crippen LogP contribution is -2.29. The maximum atomic E-state index is 12.7. The molecular formula is C25H24BF9O9S. The number of rotatable bonds is 6. The smallest absolute Gasteiger partial charge is 0.465 e. The average Bonchev–Trinajstić information content (AvgIpc) is 3.83. The van der Waals surface area contributed by atoms with E-state index in [4.69, 9.17) is 10.0 Å². The number of methoxy groups -OCH3 is 2. The molecule has 2 saturated carbocycles.